The minimum absolute atomic E-state index is 0.187. The van der Waals surface area contributed by atoms with Gasteiger partial charge in [0.05, 0.1) is 6.10 Å². The van der Waals surface area contributed by atoms with Gasteiger partial charge < -0.3 is 14.9 Å². The van der Waals surface area contributed by atoms with Crippen molar-refractivity contribution in [3.05, 3.63) is 65.7 Å². The summed E-state index contributed by atoms with van der Waals surface area (Å²) in [5, 5.41) is 19.8. The third kappa shape index (κ3) is 4.59. The molecule has 0 saturated carbocycles. The van der Waals surface area contributed by atoms with Crippen molar-refractivity contribution >= 4 is 0 Å². The van der Waals surface area contributed by atoms with E-state index < -0.39 is 5.60 Å². The number of hydrogen-bond acceptors (Lipinski definition) is 3. The molecule has 0 saturated heterocycles. The van der Waals surface area contributed by atoms with E-state index in [1.165, 1.54) is 0 Å². The van der Waals surface area contributed by atoms with Gasteiger partial charge >= 0.3 is 0 Å². The molecule has 2 aromatic rings. The first-order valence-electron chi connectivity index (χ1n) is 7.15. The minimum Gasteiger partial charge on any atom is -0.490 e. The van der Waals surface area contributed by atoms with Gasteiger partial charge in [0.25, 0.3) is 0 Å². The highest BCUT2D eigenvalue weighted by Crippen LogP contribution is 2.22. The maximum absolute atomic E-state index is 10.5. The summed E-state index contributed by atoms with van der Waals surface area (Å²) in [5.74, 6) is 0.709. The van der Waals surface area contributed by atoms with Crippen LogP contribution in [0.5, 0.6) is 5.75 Å². The molecule has 0 aliphatic heterocycles. The fourth-order valence-corrected chi connectivity index (χ4v) is 2.17. The lowest BCUT2D eigenvalue weighted by molar-refractivity contribution is 0.00759. The molecule has 0 fully saturated rings. The van der Waals surface area contributed by atoms with Crippen LogP contribution in [-0.4, -0.2) is 22.9 Å². The Balaban J connectivity index is 1.96. The molecule has 2 aromatic carbocycles. The van der Waals surface area contributed by atoms with Gasteiger partial charge in [-0.2, -0.15) is 0 Å². The smallest absolute Gasteiger partial charge is 0.121 e. The molecule has 0 amide bonds. The summed E-state index contributed by atoms with van der Waals surface area (Å²) in [6, 6.07) is 17.1. The van der Waals surface area contributed by atoms with Crippen LogP contribution < -0.4 is 4.74 Å². The van der Waals surface area contributed by atoms with E-state index in [0.717, 1.165) is 11.1 Å². The predicted molar refractivity (Wildman–Crippen MR) is 83.3 cm³/mol. The Bertz CT molecular complexity index is 544. The molecule has 112 valence electrons. The zero-order chi connectivity index (χ0) is 15.3. The molecule has 0 heterocycles. The molecule has 2 atom stereocenters. The van der Waals surface area contributed by atoms with Crippen LogP contribution in [0.25, 0.3) is 0 Å². The zero-order valence-corrected chi connectivity index (χ0v) is 12.5. The summed E-state index contributed by atoms with van der Waals surface area (Å²) in [7, 11) is 0. The monoisotopic (exact) mass is 286 g/mol. The summed E-state index contributed by atoms with van der Waals surface area (Å²) >= 11 is 0. The number of aliphatic hydroxyl groups excluding tert-OH is 1. The summed E-state index contributed by atoms with van der Waals surface area (Å²) in [6.45, 7) is 3.69. The van der Waals surface area contributed by atoms with Crippen molar-refractivity contribution in [1.82, 2.24) is 0 Å². The first-order valence-corrected chi connectivity index (χ1v) is 7.15. The van der Waals surface area contributed by atoms with Crippen LogP contribution in [0.3, 0.4) is 0 Å². The molecule has 3 heteroatoms. The Morgan fingerprint density at radius 2 is 1.67 bits per heavy atom. The van der Waals surface area contributed by atoms with E-state index in [9.17, 15) is 10.2 Å². The first-order chi connectivity index (χ1) is 9.97. The molecule has 0 bridgehead atoms. The second-order valence-electron chi connectivity index (χ2n) is 5.63. The highest BCUT2D eigenvalue weighted by Gasteiger charge is 2.23. The Kier molecular flexibility index (Phi) is 4.99. The topological polar surface area (TPSA) is 49.7 Å². The van der Waals surface area contributed by atoms with Gasteiger partial charge in [-0.25, -0.2) is 0 Å². The van der Waals surface area contributed by atoms with Crippen LogP contribution in [0.2, 0.25) is 0 Å². The summed E-state index contributed by atoms with van der Waals surface area (Å²) < 4.78 is 5.67. The van der Waals surface area contributed by atoms with Crippen molar-refractivity contribution in [3.63, 3.8) is 0 Å². The van der Waals surface area contributed by atoms with Crippen LogP contribution in [0.15, 0.2) is 54.6 Å². The van der Waals surface area contributed by atoms with Gasteiger partial charge in [-0.15, -0.1) is 0 Å². The van der Waals surface area contributed by atoms with Crippen LogP contribution >= 0.6 is 0 Å². The van der Waals surface area contributed by atoms with Crippen LogP contribution in [0, 0.1) is 0 Å². The predicted octanol–water partition coefficient (Wildman–Crippen LogP) is 2.90. The van der Waals surface area contributed by atoms with E-state index in [1.807, 2.05) is 54.6 Å². The highest BCUT2D eigenvalue weighted by molar-refractivity contribution is 5.28. The molecule has 0 aliphatic carbocycles. The maximum atomic E-state index is 10.5. The molecule has 0 aliphatic rings. The van der Waals surface area contributed by atoms with E-state index in [4.69, 9.17) is 4.74 Å². The number of ether oxygens (including phenoxy) is 1. The fourth-order valence-electron chi connectivity index (χ4n) is 2.17. The number of benzene rings is 2. The van der Waals surface area contributed by atoms with Gasteiger partial charge in [0, 0.05) is 0 Å². The van der Waals surface area contributed by atoms with Crippen LogP contribution in [0.4, 0.5) is 0 Å². The van der Waals surface area contributed by atoms with E-state index in [2.05, 4.69) is 0 Å². The average Bonchev–Trinajstić information content (AvgIpc) is 2.47. The van der Waals surface area contributed by atoms with Crippen molar-refractivity contribution in [1.29, 1.82) is 0 Å². The molecule has 0 aromatic heterocycles. The second kappa shape index (κ2) is 6.74. The van der Waals surface area contributed by atoms with Gasteiger partial charge in [-0.3, -0.25) is 0 Å². The molecule has 2 unspecified atom stereocenters. The fraction of sp³-hybridized carbons (Fsp3) is 0.333. The third-order valence-electron chi connectivity index (χ3n) is 3.37. The molecule has 2 N–H and O–H groups in total. The molecular formula is C18H22O3. The minimum atomic E-state index is -1.03. The standard InChI is InChI=1S/C18H22O3/c1-14(19)12-15-8-10-17(11-9-15)21-13-18(2,20)16-6-4-3-5-7-16/h3-11,14,19-20H,12-13H2,1-2H3. The van der Waals surface area contributed by atoms with Crippen molar-refractivity contribution in [2.24, 2.45) is 0 Å². The summed E-state index contributed by atoms with van der Waals surface area (Å²) in [6.07, 6.45) is 0.276. The van der Waals surface area contributed by atoms with Gasteiger partial charge in [-0.05, 0) is 43.5 Å². The van der Waals surface area contributed by atoms with Gasteiger partial charge in [-0.1, -0.05) is 42.5 Å². The van der Waals surface area contributed by atoms with E-state index in [1.54, 1.807) is 13.8 Å². The summed E-state index contributed by atoms with van der Waals surface area (Å²) in [4.78, 5) is 0. The van der Waals surface area contributed by atoms with Crippen molar-refractivity contribution < 1.29 is 14.9 Å². The van der Waals surface area contributed by atoms with Crippen molar-refractivity contribution in [2.45, 2.75) is 32.0 Å². The highest BCUT2D eigenvalue weighted by atomic mass is 16.5. The first kappa shape index (κ1) is 15.5. The normalized spacial score (nSPS) is 15.2. The SMILES string of the molecule is CC(O)Cc1ccc(OCC(C)(O)c2ccccc2)cc1. The Morgan fingerprint density at radius 1 is 1.05 bits per heavy atom. The Hall–Kier alpha value is -1.84. The van der Waals surface area contributed by atoms with Gasteiger partial charge in [0.1, 0.15) is 18.0 Å². The van der Waals surface area contributed by atoms with E-state index >= 15 is 0 Å². The van der Waals surface area contributed by atoms with Crippen molar-refractivity contribution in [2.75, 3.05) is 6.61 Å². The number of aliphatic hydroxyl groups is 2. The maximum Gasteiger partial charge on any atom is 0.121 e. The number of hydrogen-bond donors (Lipinski definition) is 2. The Morgan fingerprint density at radius 3 is 2.24 bits per heavy atom. The lowest BCUT2D eigenvalue weighted by Gasteiger charge is -2.24. The zero-order valence-electron chi connectivity index (χ0n) is 12.5. The molecule has 21 heavy (non-hydrogen) atoms. The number of rotatable bonds is 6. The quantitative estimate of drug-likeness (QED) is 0.858. The molecule has 2 rings (SSSR count). The Labute approximate surface area is 125 Å². The van der Waals surface area contributed by atoms with E-state index in [-0.39, 0.29) is 12.7 Å². The third-order valence-corrected chi connectivity index (χ3v) is 3.37. The average molecular weight is 286 g/mol. The molecular weight excluding hydrogens is 264 g/mol. The second-order valence-corrected chi connectivity index (χ2v) is 5.63. The lowest BCUT2D eigenvalue weighted by Crippen LogP contribution is -2.29. The van der Waals surface area contributed by atoms with Gasteiger partial charge in [0.2, 0.25) is 0 Å². The van der Waals surface area contributed by atoms with Crippen molar-refractivity contribution in [3.8, 4) is 5.75 Å². The lowest BCUT2D eigenvalue weighted by atomic mass is 9.97. The van der Waals surface area contributed by atoms with Crippen LogP contribution in [0.1, 0.15) is 25.0 Å². The molecule has 0 spiro atoms. The molecule has 3 nitrogen and oxygen atoms in total. The van der Waals surface area contributed by atoms with Gasteiger partial charge in [0.15, 0.2) is 0 Å². The van der Waals surface area contributed by atoms with E-state index in [0.29, 0.717) is 12.2 Å². The van der Waals surface area contributed by atoms with Crippen LogP contribution in [-0.2, 0) is 12.0 Å². The molecule has 0 radical (unpaired) electrons. The summed E-state index contributed by atoms with van der Waals surface area (Å²) in [5.41, 5.74) is 0.863. The largest absolute Gasteiger partial charge is 0.490 e.